The molecule has 0 bridgehead atoms. The zero-order valence-electron chi connectivity index (χ0n) is 12.2. The molecule has 0 aliphatic carbocycles. The molecule has 1 aromatic carbocycles. The number of nitrogens with zero attached hydrogens (tertiary/aromatic N) is 1. The summed E-state index contributed by atoms with van der Waals surface area (Å²) in [5.41, 5.74) is 0.529. The maximum atomic E-state index is 13.2. The molecule has 0 saturated carbocycles. The topological polar surface area (TPSA) is 57.6 Å². The number of carboxylic acid groups (broad SMARTS) is 1. The fraction of sp³-hybridized carbons (Fsp3) is 0.267. The van der Waals surface area contributed by atoms with Gasteiger partial charge in [0, 0.05) is 0 Å². The molecule has 1 heterocycles. The van der Waals surface area contributed by atoms with E-state index in [-0.39, 0.29) is 4.32 Å². The van der Waals surface area contributed by atoms with Crippen LogP contribution in [-0.2, 0) is 9.59 Å². The molecule has 1 N–H and O–H groups in total. The van der Waals surface area contributed by atoms with Crippen molar-refractivity contribution in [1.29, 1.82) is 0 Å². The summed E-state index contributed by atoms with van der Waals surface area (Å²) in [4.78, 5) is 25.4. The third-order valence-electron chi connectivity index (χ3n) is 3.16. The summed E-state index contributed by atoms with van der Waals surface area (Å²) < 4.78 is 13.4. The second-order valence-electron chi connectivity index (χ2n) is 4.74. The first-order valence-corrected chi connectivity index (χ1v) is 9.30. The van der Waals surface area contributed by atoms with Gasteiger partial charge >= 0.3 is 5.97 Å². The van der Waals surface area contributed by atoms with Gasteiger partial charge in [-0.1, -0.05) is 36.1 Å². The number of carboxylic acids is 1. The summed E-state index contributed by atoms with van der Waals surface area (Å²) in [7, 11) is 0. The summed E-state index contributed by atoms with van der Waals surface area (Å²) >= 11 is 7.71. The standard InChI is InChI=1S/C15H14FNO3S3/c1-22-6-5-11(14(19)20)17-13(18)12(23-15(17)21)8-9-3-2-4-10(16)7-9/h2-4,7-8,11H,5-6H2,1H3,(H,19,20)/b12-8+/t11-/m1/s1. The van der Waals surface area contributed by atoms with Crippen LogP contribution in [0.25, 0.3) is 6.08 Å². The second-order valence-corrected chi connectivity index (χ2v) is 7.40. The van der Waals surface area contributed by atoms with Gasteiger partial charge in [-0.3, -0.25) is 9.69 Å². The van der Waals surface area contributed by atoms with Crippen molar-refractivity contribution >= 4 is 58.0 Å². The molecule has 1 amide bonds. The van der Waals surface area contributed by atoms with Crippen molar-refractivity contribution in [2.24, 2.45) is 0 Å². The molecule has 2 rings (SSSR count). The minimum Gasteiger partial charge on any atom is -0.480 e. The molecule has 23 heavy (non-hydrogen) atoms. The van der Waals surface area contributed by atoms with Crippen LogP contribution in [0.1, 0.15) is 12.0 Å². The van der Waals surface area contributed by atoms with Gasteiger partial charge in [0.25, 0.3) is 5.91 Å². The van der Waals surface area contributed by atoms with Gasteiger partial charge in [0.1, 0.15) is 16.2 Å². The van der Waals surface area contributed by atoms with E-state index >= 15 is 0 Å². The zero-order valence-corrected chi connectivity index (χ0v) is 14.6. The Morgan fingerprint density at radius 3 is 2.91 bits per heavy atom. The Morgan fingerprint density at radius 2 is 2.30 bits per heavy atom. The third-order valence-corrected chi connectivity index (χ3v) is 5.14. The van der Waals surface area contributed by atoms with Gasteiger partial charge in [-0.2, -0.15) is 11.8 Å². The minimum absolute atomic E-state index is 0.214. The Balaban J connectivity index is 2.26. The van der Waals surface area contributed by atoms with E-state index in [1.54, 1.807) is 12.1 Å². The van der Waals surface area contributed by atoms with Crippen LogP contribution in [0.5, 0.6) is 0 Å². The van der Waals surface area contributed by atoms with Gasteiger partial charge in [-0.25, -0.2) is 9.18 Å². The Kier molecular flexibility index (Phi) is 6.20. The van der Waals surface area contributed by atoms with Crippen molar-refractivity contribution in [3.05, 3.63) is 40.6 Å². The minimum atomic E-state index is -1.08. The van der Waals surface area contributed by atoms with E-state index in [0.29, 0.717) is 22.6 Å². The van der Waals surface area contributed by atoms with Crippen molar-refractivity contribution in [1.82, 2.24) is 4.90 Å². The van der Waals surface area contributed by atoms with E-state index in [4.69, 9.17) is 12.2 Å². The maximum Gasteiger partial charge on any atom is 0.326 e. The molecule has 0 aromatic heterocycles. The first-order chi connectivity index (χ1) is 10.9. The molecule has 1 atom stereocenters. The smallest absolute Gasteiger partial charge is 0.326 e. The van der Waals surface area contributed by atoms with Gasteiger partial charge in [0.15, 0.2) is 0 Å². The van der Waals surface area contributed by atoms with Gasteiger partial charge in [0.05, 0.1) is 4.91 Å². The number of hydrogen-bond donors (Lipinski definition) is 1. The summed E-state index contributed by atoms with van der Waals surface area (Å²) in [5, 5.41) is 9.37. The van der Waals surface area contributed by atoms with Crippen LogP contribution in [0.4, 0.5) is 4.39 Å². The van der Waals surface area contributed by atoms with Crippen LogP contribution in [0.3, 0.4) is 0 Å². The molecule has 1 aliphatic rings. The normalized spacial score (nSPS) is 17.8. The number of benzene rings is 1. The van der Waals surface area contributed by atoms with Gasteiger partial charge in [-0.05, 0) is 42.2 Å². The molecule has 0 spiro atoms. The first-order valence-electron chi connectivity index (χ1n) is 6.68. The number of thiocarbonyl (C=S) groups is 1. The number of rotatable bonds is 6. The lowest BCUT2D eigenvalue weighted by atomic mass is 10.1. The molecule has 4 nitrogen and oxygen atoms in total. The molecule has 1 aliphatic heterocycles. The highest BCUT2D eigenvalue weighted by Crippen LogP contribution is 2.34. The van der Waals surface area contributed by atoms with Crippen LogP contribution in [-0.4, -0.2) is 44.3 Å². The number of amides is 1. The molecule has 1 fully saturated rings. The molecule has 1 saturated heterocycles. The lowest BCUT2D eigenvalue weighted by Crippen LogP contribution is -2.44. The van der Waals surface area contributed by atoms with Crippen molar-refractivity contribution in [3.63, 3.8) is 0 Å². The molecule has 0 radical (unpaired) electrons. The SMILES string of the molecule is CSCC[C@H](C(=O)O)N1C(=O)/C(=C\c2cccc(F)c2)SC1=S. The molecule has 1 aromatic rings. The highest BCUT2D eigenvalue weighted by molar-refractivity contribution is 8.26. The summed E-state index contributed by atoms with van der Waals surface area (Å²) in [5.74, 6) is -1.32. The molecule has 0 unspecified atom stereocenters. The van der Waals surface area contributed by atoms with Crippen LogP contribution >= 0.6 is 35.7 Å². The Morgan fingerprint density at radius 1 is 1.57 bits per heavy atom. The Labute approximate surface area is 147 Å². The third kappa shape index (κ3) is 4.33. The average molecular weight is 371 g/mol. The average Bonchev–Trinajstić information content (AvgIpc) is 2.75. The zero-order chi connectivity index (χ0) is 17.0. The fourth-order valence-corrected chi connectivity index (χ4v) is 3.90. The highest BCUT2D eigenvalue weighted by Gasteiger charge is 2.40. The van der Waals surface area contributed by atoms with E-state index in [1.165, 1.54) is 30.0 Å². The lowest BCUT2D eigenvalue weighted by molar-refractivity contribution is -0.145. The van der Waals surface area contributed by atoms with Gasteiger partial charge in [-0.15, -0.1) is 0 Å². The first kappa shape index (κ1) is 18.0. The largest absolute Gasteiger partial charge is 0.480 e. The lowest BCUT2D eigenvalue weighted by Gasteiger charge is -2.22. The predicted octanol–water partition coefficient (Wildman–Crippen LogP) is 3.23. The van der Waals surface area contributed by atoms with E-state index in [0.717, 1.165) is 16.7 Å². The van der Waals surface area contributed by atoms with Crippen LogP contribution < -0.4 is 0 Å². The predicted molar refractivity (Wildman–Crippen MR) is 95.8 cm³/mol. The monoisotopic (exact) mass is 371 g/mol. The van der Waals surface area contributed by atoms with Crippen LogP contribution in [0, 0.1) is 5.82 Å². The molecular weight excluding hydrogens is 357 g/mol. The van der Waals surface area contributed by atoms with E-state index < -0.39 is 23.7 Å². The summed E-state index contributed by atoms with van der Waals surface area (Å²) in [6.07, 6.45) is 3.71. The second kappa shape index (κ2) is 7.94. The van der Waals surface area contributed by atoms with Gasteiger partial charge in [0.2, 0.25) is 0 Å². The van der Waals surface area contributed by atoms with Crippen molar-refractivity contribution in [2.75, 3.05) is 12.0 Å². The number of carbonyl (C=O) groups excluding carboxylic acids is 1. The summed E-state index contributed by atoms with van der Waals surface area (Å²) in [6, 6.07) is 4.84. The quantitative estimate of drug-likeness (QED) is 0.612. The number of carbonyl (C=O) groups is 2. The number of thioether (sulfide) groups is 2. The fourth-order valence-electron chi connectivity index (χ4n) is 2.09. The molecular formula is C15H14FNO3S3. The van der Waals surface area contributed by atoms with Gasteiger partial charge < -0.3 is 5.11 Å². The summed E-state index contributed by atoms with van der Waals surface area (Å²) in [6.45, 7) is 0. The number of aliphatic carboxylic acids is 1. The van der Waals surface area contributed by atoms with Crippen molar-refractivity contribution in [2.45, 2.75) is 12.5 Å². The molecule has 122 valence electrons. The van der Waals surface area contributed by atoms with E-state index in [1.807, 2.05) is 6.26 Å². The van der Waals surface area contributed by atoms with E-state index in [2.05, 4.69) is 0 Å². The number of hydrogen-bond acceptors (Lipinski definition) is 5. The Bertz CT molecular complexity index is 678. The number of halogens is 1. The maximum absolute atomic E-state index is 13.2. The van der Waals surface area contributed by atoms with Crippen molar-refractivity contribution in [3.8, 4) is 0 Å². The Hall–Kier alpha value is -1.38. The highest BCUT2D eigenvalue weighted by atomic mass is 32.2. The van der Waals surface area contributed by atoms with Crippen LogP contribution in [0.15, 0.2) is 29.2 Å². The van der Waals surface area contributed by atoms with Crippen LogP contribution in [0.2, 0.25) is 0 Å². The van der Waals surface area contributed by atoms with E-state index in [9.17, 15) is 19.1 Å². The molecule has 8 heteroatoms. The van der Waals surface area contributed by atoms with Crippen molar-refractivity contribution < 1.29 is 19.1 Å².